The smallest absolute Gasteiger partial charge is 0.367 e. The van der Waals surface area contributed by atoms with E-state index in [1.54, 1.807) is 26.0 Å². The Morgan fingerprint density at radius 1 is 1.00 bits per heavy atom. The van der Waals surface area contributed by atoms with Crippen LogP contribution in [-0.2, 0) is 4.84 Å². The van der Waals surface area contributed by atoms with Crippen LogP contribution in [0.5, 0.6) is 5.75 Å². The summed E-state index contributed by atoms with van der Waals surface area (Å²) < 4.78 is 19.7. The normalized spacial score (nSPS) is 13.2. The third-order valence-electron chi connectivity index (χ3n) is 3.48. The summed E-state index contributed by atoms with van der Waals surface area (Å²) in [6, 6.07) is 10.0. The van der Waals surface area contributed by atoms with Crippen LogP contribution in [0.25, 0.3) is 0 Å². The van der Waals surface area contributed by atoms with Crippen LogP contribution < -0.4 is 4.74 Å². The summed E-state index contributed by atoms with van der Waals surface area (Å²) in [6.07, 6.45) is -0.294. The second-order valence-corrected chi connectivity index (χ2v) is 5.61. The van der Waals surface area contributed by atoms with Crippen LogP contribution in [0.2, 0.25) is 0 Å². The number of fused-ring (bicyclic) bond motifs is 1. The molecule has 1 aliphatic rings. The van der Waals surface area contributed by atoms with Gasteiger partial charge in [-0.25, -0.2) is 9.18 Å². The molecule has 3 rings (SSSR count). The summed E-state index contributed by atoms with van der Waals surface area (Å²) in [5.41, 5.74) is -0.190. The van der Waals surface area contributed by atoms with Crippen LogP contribution in [0.1, 0.15) is 44.9 Å². The van der Waals surface area contributed by atoms with Gasteiger partial charge in [0, 0.05) is 0 Å². The van der Waals surface area contributed by atoms with E-state index in [-0.39, 0.29) is 23.0 Å². The van der Waals surface area contributed by atoms with Gasteiger partial charge in [0.2, 0.25) is 0 Å². The first-order chi connectivity index (χ1) is 11.9. The number of carbonyl (C=O) groups is 3. The van der Waals surface area contributed by atoms with Gasteiger partial charge in [-0.2, -0.15) is 0 Å². The Kier molecular flexibility index (Phi) is 4.22. The quantitative estimate of drug-likeness (QED) is 0.798. The molecule has 1 heterocycles. The molecule has 0 N–H and O–H groups in total. The van der Waals surface area contributed by atoms with Gasteiger partial charge in [-0.15, -0.1) is 0 Å². The molecule has 0 radical (unpaired) electrons. The molecule has 2 amide bonds. The van der Waals surface area contributed by atoms with E-state index in [0.717, 1.165) is 0 Å². The lowest BCUT2D eigenvalue weighted by Gasteiger charge is -2.15. The Hall–Kier alpha value is -3.22. The van der Waals surface area contributed by atoms with E-state index < -0.39 is 29.2 Å². The number of carbonyl (C=O) groups excluding carboxylic acids is 3. The molecule has 2 aromatic rings. The largest absolute Gasteiger partial charge is 0.488 e. The van der Waals surface area contributed by atoms with Gasteiger partial charge in [-0.05, 0) is 38.1 Å². The first-order valence-corrected chi connectivity index (χ1v) is 7.55. The minimum Gasteiger partial charge on any atom is -0.488 e. The van der Waals surface area contributed by atoms with Crippen LogP contribution in [0.3, 0.4) is 0 Å². The van der Waals surface area contributed by atoms with Crippen molar-refractivity contribution >= 4 is 17.8 Å². The molecule has 2 aromatic carbocycles. The molecular formula is C18H14FNO5. The Bertz CT molecular complexity index is 843. The molecule has 7 heteroatoms. The van der Waals surface area contributed by atoms with Crippen LogP contribution in [0.4, 0.5) is 4.39 Å². The Balaban J connectivity index is 1.85. The fourth-order valence-corrected chi connectivity index (χ4v) is 2.40. The van der Waals surface area contributed by atoms with E-state index in [1.165, 1.54) is 30.3 Å². The summed E-state index contributed by atoms with van der Waals surface area (Å²) in [5.74, 6) is -3.75. The third-order valence-corrected chi connectivity index (χ3v) is 3.48. The first kappa shape index (κ1) is 16.6. The molecule has 0 aliphatic carbocycles. The van der Waals surface area contributed by atoms with E-state index in [1.807, 2.05) is 0 Å². The topological polar surface area (TPSA) is 72.9 Å². The predicted molar refractivity (Wildman–Crippen MR) is 84.5 cm³/mol. The molecule has 128 valence electrons. The highest BCUT2D eigenvalue weighted by atomic mass is 19.1. The van der Waals surface area contributed by atoms with Crippen molar-refractivity contribution in [2.75, 3.05) is 0 Å². The van der Waals surface area contributed by atoms with Crippen LogP contribution in [0, 0.1) is 5.82 Å². The number of halogens is 1. The Morgan fingerprint density at radius 3 is 2.16 bits per heavy atom. The fourth-order valence-electron chi connectivity index (χ4n) is 2.40. The molecule has 0 bridgehead atoms. The van der Waals surface area contributed by atoms with Gasteiger partial charge in [-0.3, -0.25) is 9.59 Å². The van der Waals surface area contributed by atoms with Crippen LogP contribution >= 0.6 is 0 Å². The minimum absolute atomic E-state index is 0.119. The number of imide groups is 1. The number of rotatable bonds is 4. The van der Waals surface area contributed by atoms with Crippen molar-refractivity contribution < 1.29 is 28.3 Å². The molecule has 0 atom stereocenters. The maximum atomic E-state index is 14.4. The zero-order valence-electron chi connectivity index (χ0n) is 13.5. The summed E-state index contributed by atoms with van der Waals surface area (Å²) in [4.78, 5) is 41.4. The predicted octanol–water partition coefficient (Wildman–Crippen LogP) is 2.98. The van der Waals surface area contributed by atoms with E-state index in [9.17, 15) is 18.8 Å². The molecule has 0 unspecified atom stereocenters. The van der Waals surface area contributed by atoms with E-state index in [2.05, 4.69) is 0 Å². The van der Waals surface area contributed by atoms with E-state index >= 15 is 0 Å². The van der Waals surface area contributed by atoms with E-state index in [4.69, 9.17) is 9.57 Å². The van der Waals surface area contributed by atoms with Gasteiger partial charge in [-0.1, -0.05) is 23.3 Å². The van der Waals surface area contributed by atoms with Crippen molar-refractivity contribution in [3.05, 3.63) is 65.0 Å². The highest BCUT2D eigenvalue weighted by Crippen LogP contribution is 2.26. The van der Waals surface area contributed by atoms with Crippen molar-refractivity contribution in [3.8, 4) is 5.75 Å². The van der Waals surface area contributed by atoms with Gasteiger partial charge in [0.15, 0.2) is 11.6 Å². The van der Waals surface area contributed by atoms with Crippen molar-refractivity contribution in [2.45, 2.75) is 20.0 Å². The number of hydrogen-bond donors (Lipinski definition) is 0. The molecule has 0 fully saturated rings. The maximum absolute atomic E-state index is 14.4. The molecule has 6 nitrogen and oxygen atoms in total. The highest BCUT2D eigenvalue weighted by molar-refractivity contribution is 6.21. The maximum Gasteiger partial charge on any atom is 0.367 e. The van der Waals surface area contributed by atoms with Crippen molar-refractivity contribution in [2.24, 2.45) is 0 Å². The molecule has 1 aliphatic heterocycles. The first-order valence-electron chi connectivity index (χ1n) is 7.55. The van der Waals surface area contributed by atoms with Crippen LogP contribution in [-0.4, -0.2) is 29.0 Å². The number of amides is 2. The summed E-state index contributed by atoms with van der Waals surface area (Å²) >= 11 is 0. The lowest BCUT2D eigenvalue weighted by Crippen LogP contribution is -2.33. The minimum atomic E-state index is -1.17. The molecule has 25 heavy (non-hydrogen) atoms. The number of hydrogen-bond acceptors (Lipinski definition) is 5. The van der Waals surface area contributed by atoms with Crippen molar-refractivity contribution in [1.29, 1.82) is 0 Å². The molecule has 0 saturated heterocycles. The third kappa shape index (κ3) is 2.96. The molecular weight excluding hydrogens is 329 g/mol. The monoisotopic (exact) mass is 343 g/mol. The zero-order chi connectivity index (χ0) is 18.1. The van der Waals surface area contributed by atoms with Gasteiger partial charge < -0.3 is 9.57 Å². The highest BCUT2D eigenvalue weighted by Gasteiger charge is 2.39. The van der Waals surface area contributed by atoms with E-state index in [0.29, 0.717) is 5.06 Å². The molecule has 0 aromatic heterocycles. The lowest BCUT2D eigenvalue weighted by molar-refractivity contribution is -0.0587. The molecule has 0 spiro atoms. The number of hydroxylamine groups is 2. The number of ether oxygens (including phenoxy) is 1. The fraction of sp³-hybridized carbons (Fsp3) is 0.167. The lowest BCUT2D eigenvalue weighted by atomic mass is 10.1. The summed E-state index contributed by atoms with van der Waals surface area (Å²) in [7, 11) is 0. The summed E-state index contributed by atoms with van der Waals surface area (Å²) in [6.45, 7) is 3.42. The summed E-state index contributed by atoms with van der Waals surface area (Å²) in [5, 5.41) is 0.336. The molecule has 0 saturated carbocycles. The van der Waals surface area contributed by atoms with Crippen molar-refractivity contribution in [1.82, 2.24) is 5.06 Å². The average Bonchev–Trinajstić information content (AvgIpc) is 2.82. The standard InChI is InChI=1S/C18H14FNO5/c1-10(2)24-14-9-5-8-13(15(14)19)18(23)25-20-16(21)11-6-3-4-7-12(11)17(20)22/h3-10H,1-2H3. The van der Waals surface area contributed by atoms with Crippen LogP contribution in [0.15, 0.2) is 42.5 Å². The SMILES string of the molecule is CC(C)Oc1cccc(C(=O)ON2C(=O)c3ccccc3C2=O)c1F. The number of benzene rings is 2. The average molecular weight is 343 g/mol. The zero-order valence-corrected chi connectivity index (χ0v) is 13.5. The number of nitrogens with zero attached hydrogens (tertiary/aromatic N) is 1. The second kappa shape index (κ2) is 6.35. The van der Waals surface area contributed by atoms with Gasteiger partial charge in [0.1, 0.15) is 5.56 Å². The van der Waals surface area contributed by atoms with Gasteiger partial charge >= 0.3 is 5.97 Å². The second-order valence-electron chi connectivity index (χ2n) is 5.61. The van der Waals surface area contributed by atoms with Crippen molar-refractivity contribution in [3.63, 3.8) is 0 Å². The van der Waals surface area contributed by atoms with Gasteiger partial charge in [0.05, 0.1) is 17.2 Å². The Labute approximate surface area is 142 Å². The van der Waals surface area contributed by atoms with Gasteiger partial charge in [0.25, 0.3) is 11.8 Å². The Morgan fingerprint density at radius 2 is 1.60 bits per heavy atom.